The Morgan fingerprint density at radius 2 is 1.74 bits per heavy atom. The van der Waals surface area contributed by atoms with Crippen molar-refractivity contribution in [1.82, 2.24) is 9.62 Å². The van der Waals surface area contributed by atoms with Crippen molar-refractivity contribution in [3.05, 3.63) is 47.5 Å². The van der Waals surface area contributed by atoms with E-state index >= 15 is 0 Å². The van der Waals surface area contributed by atoms with Crippen molar-refractivity contribution in [2.75, 3.05) is 38.2 Å². The molecular formula is C24H29N3O6S. The normalized spacial score (nSPS) is 15.6. The number of benzene rings is 2. The van der Waals surface area contributed by atoms with Crippen molar-refractivity contribution in [2.45, 2.75) is 37.5 Å². The van der Waals surface area contributed by atoms with Gasteiger partial charge in [0, 0.05) is 49.8 Å². The maximum atomic E-state index is 12.8. The summed E-state index contributed by atoms with van der Waals surface area (Å²) in [5.74, 6) is 0.512. The number of ether oxygens (including phenoxy) is 2. The Kier molecular flexibility index (Phi) is 7.38. The Bertz CT molecular complexity index is 1180. The number of nitrogens with one attached hydrogen (secondary N) is 2. The topological polar surface area (TPSA) is 114 Å². The van der Waals surface area contributed by atoms with E-state index in [2.05, 4.69) is 10.0 Å². The van der Waals surface area contributed by atoms with Crippen LogP contribution in [0.2, 0.25) is 0 Å². The number of amides is 2. The van der Waals surface area contributed by atoms with Crippen LogP contribution < -0.4 is 19.5 Å². The van der Waals surface area contributed by atoms with Crippen molar-refractivity contribution < 1.29 is 27.5 Å². The summed E-state index contributed by atoms with van der Waals surface area (Å²) in [4.78, 5) is 27.1. The summed E-state index contributed by atoms with van der Waals surface area (Å²) in [6, 6.07) is 9.67. The number of anilines is 1. The van der Waals surface area contributed by atoms with E-state index in [-0.39, 0.29) is 29.7 Å². The number of sulfonamides is 1. The third kappa shape index (κ3) is 5.51. The SMILES string of the molecule is Cc1c(NC(=O)CCNS(=O)(=O)c2ccc3c(c2)OCCCO3)cccc1C(=O)N1CCCC1. The maximum absolute atomic E-state index is 12.8. The fourth-order valence-corrected chi connectivity index (χ4v) is 5.05. The molecule has 0 saturated carbocycles. The number of rotatable bonds is 7. The first-order valence-electron chi connectivity index (χ1n) is 11.4. The molecule has 2 heterocycles. The molecule has 1 fully saturated rings. The lowest BCUT2D eigenvalue weighted by molar-refractivity contribution is -0.116. The minimum atomic E-state index is -3.83. The zero-order valence-electron chi connectivity index (χ0n) is 19.1. The lowest BCUT2D eigenvalue weighted by Gasteiger charge is -2.18. The van der Waals surface area contributed by atoms with E-state index in [1.165, 1.54) is 12.1 Å². The van der Waals surface area contributed by atoms with Crippen LogP contribution in [0.15, 0.2) is 41.3 Å². The molecule has 0 atom stereocenters. The van der Waals surface area contributed by atoms with Gasteiger partial charge in [0.05, 0.1) is 18.1 Å². The monoisotopic (exact) mass is 487 g/mol. The van der Waals surface area contributed by atoms with Crippen LogP contribution in [0, 0.1) is 6.92 Å². The van der Waals surface area contributed by atoms with Crippen LogP contribution in [0.25, 0.3) is 0 Å². The van der Waals surface area contributed by atoms with Gasteiger partial charge in [-0.2, -0.15) is 0 Å². The Balaban J connectivity index is 1.34. The molecule has 34 heavy (non-hydrogen) atoms. The van der Waals surface area contributed by atoms with Crippen LogP contribution in [0.4, 0.5) is 5.69 Å². The molecule has 0 radical (unpaired) electrons. The highest BCUT2D eigenvalue weighted by molar-refractivity contribution is 7.89. The van der Waals surface area contributed by atoms with Crippen LogP contribution in [0.3, 0.4) is 0 Å². The summed E-state index contributed by atoms with van der Waals surface area (Å²) in [6.07, 6.45) is 2.67. The van der Waals surface area contributed by atoms with Gasteiger partial charge in [0.25, 0.3) is 5.91 Å². The second kappa shape index (κ2) is 10.4. The molecule has 2 aliphatic rings. The Morgan fingerprint density at radius 1 is 1.00 bits per heavy atom. The second-order valence-corrected chi connectivity index (χ2v) is 10.1. The molecule has 0 bridgehead atoms. The van der Waals surface area contributed by atoms with E-state index in [0.29, 0.717) is 41.5 Å². The standard InChI is InChI=1S/C24H29N3O6S/c1-17-19(24(29)27-12-2-3-13-27)6-4-7-20(17)26-23(28)10-11-25-34(30,31)18-8-9-21-22(16-18)33-15-5-14-32-21/h4,6-9,16,25H,2-3,5,10-15H2,1H3,(H,26,28). The fourth-order valence-electron chi connectivity index (χ4n) is 4.00. The zero-order valence-corrected chi connectivity index (χ0v) is 19.9. The fraction of sp³-hybridized carbons (Fsp3) is 0.417. The third-order valence-corrected chi connectivity index (χ3v) is 7.36. The lowest BCUT2D eigenvalue weighted by atomic mass is 10.1. The third-order valence-electron chi connectivity index (χ3n) is 5.90. The summed E-state index contributed by atoms with van der Waals surface area (Å²) in [5.41, 5.74) is 1.80. The number of likely N-dealkylation sites (tertiary alicyclic amines) is 1. The summed E-state index contributed by atoms with van der Waals surface area (Å²) in [7, 11) is -3.83. The summed E-state index contributed by atoms with van der Waals surface area (Å²) in [6.45, 7) is 4.19. The van der Waals surface area contributed by atoms with Gasteiger partial charge in [0.15, 0.2) is 11.5 Å². The Hall–Kier alpha value is -3.11. The first-order valence-corrected chi connectivity index (χ1v) is 12.9. The van der Waals surface area contributed by atoms with E-state index in [1.54, 1.807) is 31.2 Å². The van der Waals surface area contributed by atoms with Gasteiger partial charge in [-0.1, -0.05) is 6.07 Å². The number of hydrogen-bond donors (Lipinski definition) is 2. The molecule has 0 aromatic heterocycles. The van der Waals surface area contributed by atoms with E-state index in [1.807, 2.05) is 4.90 Å². The quantitative estimate of drug-likeness (QED) is 0.621. The van der Waals surface area contributed by atoms with Crippen LogP contribution in [-0.4, -0.2) is 58.0 Å². The van der Waals surface area contributed by atoms with Gasteiger partial charge in [0.2, 0.25) is 15.9 Å². The molecule has 182 valence electrons. The van der Waals surface area contributed by atoms with Crippen LogP contribution in [0.1, 0.15) is 41.6 Å². The molecule has 2 N–H and O–H groups in total. The Labute approximate surface area is 199 Å². The maximum Gasteiger partial charge on any atom is 0.254 e. The van der Waals surface area contributed by atoms with Gasteiger partial charge in [0.1, 0.15) is 0 Å². The van der Waals surface area contributed by atoms with Gasteiger partial charge >= 0.3 is 0 Å². The lowest BCUT2D eigenvalue weighted by Crippen LogP contribution is -2.29. The van der Waals surface area contributed by atoms with Crippen molar-refractivity contribution in [1.29, 1.82) is 0 Å². The number of fused-ring (bicyclic) bond motifs is 1. The van der Waals surface area contributed by atoms with Crippen molar-refractivity contribution in [3.8, 4) is 11.5 Å². The molecule has 0 spiro atoms. The average Bonchev–Trinajstić information content (AvgIpc) is 3.25. The van der Waals surface area contributed by atoms with Crippen LogP contribution >= 0.6 is 0 Å². The summed E-state index contributed by atoms with van der Waals surface area (Å²) < 4.78 is 38.9. The van der Waals surface area contributed by atoms with E-state index in [0.717, 1.165) is 32.4 Å². The van der Waals surface area contributed by atoms with Crippen molar-refractivity contribution in [3.63, 3.8) is 0 Å². The van der Waals surface area contributed by atoms with Gasteiger partial charge in [-0.05, 0) is 49.6 Å². The number of carbonyl (C=O) groups excluding carboxylic acids is 2. The molecule has 0 unspecified atom stereocenters. The highest BCUT2D eigenvalue weighted by Gasteiger charge is 2.22. The summed E-state index contributed by atoms with van der Waals surface area (Å²) >= 11 is 0. The van der Waals surface area contributed by atoms with Gasteiger partial charge in [-0.15, -0.1) is 0 Å². The van der Waals surface area contributed by atoms with Crippen molar-refractivity contribution >= 4 is 27.5 Å². The predicted molar refractivity (Wildman–Crippen MR) is 127 cm³/mol. The minimum absolute atomic E-state index is 0.0333. The van der Waals surface area contributed by atoms with Gasteiger partial charge < -0.3 is 19.7 Å². The van der Waals surface area contributed by atoms with E-state index in [4.69, 9.17) is 9.47 Å². The molecule has 2 amide bonds. The first kappa shape index (κ1) is 24.0. The number of carbonyl (C=O) groups is 2. The van der Waals surface area contributed by atoms with Gasteiger partial charge in [-0.25, -0.2) is 13.1 Å². The smallest absolute Gasteiger partial charge is 0.254 e. The zero-order chi connectivity index (χ0) is 24.1. The van der Waals surface area contributed by atoms with E-state index < -0.39 is 10.0 Å². The molecule has 2 aliphatic heterocycles. The summed E-state index contributed by atoms with van der Waals surface area (Å²) in [5, 5.41) is 2.79. The Morgan fingerprint density at radius 3 is 2.50 bits per heavy atom. The molecule has 2 aromatic rings. The number of hydrogen-bond acceptors (Lipinski definition) is 6. The largest absolute Gasteiger partial charge is 0.490 e. The van der Waals surface area contributed by atoms with Crippen LogP contribution in [-0.2, 0) is 14.8 Å². The second-order valence-electron chi connectivity index (χ2n) is 8.33. The van der Waals surface area contributed by atoms with Crippen molar-refractivity contribution in [2.24, 2.45) is 0 Å². The molecule has 0 aliphatic carbocycles. The molecule has 2 aromatic carbocycles. The van der Waals surface area contributed by atoms with Gasteiger partial charge in [-0.3, -0.25) is 9.59 Å². The average molecular weight is 488 g/mol. The molecule has 4 rings (SSSR count). The van der Waals surface area contributed by atoms with Crippen LogP contribution in [0.5, 0.6) is 11.5 Å². The molecule has 10 heteroatoms. The first-order chi connectivity index (χ1) is 16.3. The predicted octanol–water partition coefficient (Wildman–Crippen LogP) is 2.70. The molecule has 1 saturated heterocycles. The molecular weight excluding hydrogens is 458 g/mol. The highest BCUT2D eigenvalue weighted by Crippen LogP contribution is 2.31. The highest BCUT2D eigenvalue weighted by atomic mass is 32.2. The minimum Gasteiger partial charge on any atom is -0.490 e. The molecule has 9 nitrogen and oxygen atoms in total. The number of nitrogens with zero attached hydrogens (tertiary/aromatic N) is 1. The van der Waals surface area contributed by atoms with E-state index in [9.17, 15) is 18.0 Å².